The van der Waals surface area contributed by atoms with Gasteiger partial charge in [0, 0.05) is 5.56 Å². The minimum atomic E-state index is -0.0734. The van der Waals surface area contributed by atoms with Crippen LogP contribution in [0.5, 0.6) is 0 Å². The first kappa shape index (κ1) is 12.7. The van der Waals surface area contributed by atoms with Gasteiger partial charge in [0.25, 0.3) is 5.56 Å². The Bertz CT molecular complexity index is 674. The van der Waals surface area contributed by atoms with Gasteiger partial charge in [0.05, 0.1) is 21.3 Å². The summed E-state index contributed by atoms with van der Waals surface area (Å²) in [5, 5.41) is 0.984. The molecule has 0 aliphatic heterocycles. The van der Waals surface area contributed by atoms with Crippen LogP contribution in [0, 0.1) is 0 Å². The van der Waals surface area contributed by atoms with Crippen LogP contribution < -0.4 is 5.56 Å². The lowest BCUT2D eigenvalue weighted by atomic mass is 9.97. The number of nitrogens with zero attached hydrogens (tertiary/aromatic N) is 1. The van der Waals surface area contributed by atoms with Crippen LogP contribution in [0.4, 0.5) is 0 Å². The molecule has 5 heteroatoms. The quantitative estimate of drug-likeness (QED) is 0.873. The summed E-state index contributed by atoms with van der Waals surface area (Å²) in [4.78, 5) is 19.4. The van der Waals surface area contributed by atoms with Gasteiger partial charge in [-0.2, -0.15) is 0 Å². The molecule has 3 nitrogen and oxygen atoms in total. The highest BCUT2D eigenvalue weighted by atomic mass is 35.5. The average molecular weight is 295 g/mol. The average Bonchev–Trinajstić information content (AvgIpc) is 2.38. The fourth-order valence-electron chi connectivity index (χ4n) is 2.45. The number of aryl methyl sites for hydroxylation is 1. The molecule has 1 aliphatic carbocycles. The van der Waals surface area contributed by atoms with Crippen molar-refractivity contribution in [1.82, 2.24) is 9.97 Å². The number of H-pyrrole nitrogens is 1. The number of aromatic nitrogens is 2. The molecule has 98 valence electrons. The molecule has 2 aromatic rings. The van der Waals surface area contributed by atoms with Crippen molar-refractivity contribution >= 4 is 23.2 Å². The lowest BCUT2D eigenvalue weighted by Gasteiger charge is -2.15. The Balaban J connectivity index is 2.22. The van der Waals surface area contributed by atoms with Crippen molar-refractivity contribution in [3.05, 3.63) is 49.9 Å². The molecule has 0 saturated carbocycles. The van der Waals surface area contributed by atoms with Gasteiger partial charge in [-0.05, 0) is 37.8 Å². The minimum Gasteiger partial charge on any atom is -0.306 e. The molecule has 1 aliphatic rings. The fraction of sp³-hybridized carbons (Fsp3) is 0.286. The summed E-state index contributed by atoms with van der Waals surface area (Å²) < 4.78 is 0. The third kappa shape index (κ3) is 2.28. The molecule has 1 N–H and O–H groups in total. The summed E-state index contributed by atoms with van der Waals surface area (Å²) in [6.45, 7) is 0. The highest BCUT2D eigenvalue weighted by Gasteiger charge is 2.18. The summed E-state index contributed by atoms with van der Waals surface area (Å²) in [6, 6.07) is 5.25. The van der Waals surface area contributed by atoms with Crippen LogP contribution >= 0.6 is 23.2 Å². The first-order chi connectivity index (χ1) is 9.16. The number of halogens is 2. The Morgan fingerprint density at radius 2 is 1.79 bits per heavy atom. The van der Waals surface area contributed by atoms with Crippen LogP contribution in [0.2, 0.25) is 10.0 Å². The number of hydrogen-bond donors (Lipinski definition) is 1. The Morgan fingerprint density at radius 3 is 2.53 bits per heavy atom. The highest BCUT2D eigenvalue weighted by Crippen LogP contribution is 2.32. The van der Waals surface area contributed by atoms with E-state index in [-0.39, 0.29) is 5.56 Å². The molecule has 0 unspecified atom stereocenters. The van der Waals surface area contributed by atoms with Crippen LogP contribution in [0.1, 0.15) is 24.1 Å². The normalized spacial score (nSPS) is 14.2. The Labute approximate surface area is 120 Å². The zero-order chi connectivity index (χ0) is 13.4. The molecule has 0 radical (unpaired) electrons. The van der Waals surface area contributed by atoms with E-state index >= 15 is 0 Å². The van der Waals surface area contributed by atoms with Gasteiger partial charge in [0.15, 0.2) is 0 Å². The number of rotatable bonds is 1. The summed E-state index contributed by atoms with van der Waals surface area (Å²) in [7, 11) is 0. The topological polar surface area (TPSA) is 45.8 Å². The number of fused-ring (bicyclic) bond motifs is 1. The molecule has 3 rings (SSSR count). The van der Waals surface area contributed by atoms with Crippen molar-refractivity contribution in [2.24, 2.45) is 0 Å². The van der Waals surface area contributed by atoms with Crippen LogP contribution in [0.25, 0.3) is 11.4 Å². The van der Waals surface area contributed by atoms with E-state index in [1.165, 1.54) is 0 Å². The monoisotopic (exact) mass is 294 g/mol. The molecule has 0 atom stereocenters. The molecule has 0 spiro atoms. The number of benzene rings is 1. The third-order valence-electron chi connectivity index (χ3n) is 3.39. The van der Waals surface area contributed by atoms with Gasteiger partial charge in [-0.25, -0.2) is 4.98 Å². The molecular weight excluding hydrogens is 283 g/mol. The first-order valence-corrected chi connectivity index (χ1v) is 6.99. The van der Waals surface area contributed by atoms with Crippen molar-refractivity contribution in [2.45, 2.75) is 25.7 Å². The first-order valence-electron chi connectivity index (χ1n) is 6.23. The van der Waals surface area contributed by atoms with Gasteiger partial charge in [0.1, 0.15) is 5.82 Å². The molecule has 1 aromatic carbocycles. The van der Waals surface area contributed by atoms with Crippen LogP contribution in [0.15, 0.2) is 23.0 Å². The van der Waals surface area contributed by atoms with Crippen molar-refractivity contribution in [2.75, 3.05) is 0 Å². The number of nitrogens with one attached hydrogen (secondary N) is 1. The molecule has 0 bridgehead atoms. The second-order valence-corrected chi connectivity index (χ2v) is 5.46. The Kier molecular flexibility index (Phi) is 3.33. The van der Waals surface area contributed by atoms with Crippen molar-refractivity contribution in [3.8, 4) is 11.4 Å². The van der Waals surface area contributed by atoms with E-state index in [2.05, 4.69) is 9.97 Å². The summed E-state index contributed by atoms with van der Waals surface area (Å²) >= 11 is 12.3. The molecule has 0 saturated heterocycles. The van der Waals surface area contributed by atoms with Crippen molar-refractivity contribution in [1.29, 1.82) is 0 Å². The number of hydrogen-bond acceptors (Lipinski definition) is 2. The van der Waals surface area contributed by atoms with E-state index in [9.17, 15) is 4.79 Å². The smallest absolute Gasteiger partial charge is 0.254 e. The highest BCUT2D eigenvalue weighted by molar-refractivity contribution is 6.38. The SMILES string of the molecule is O=c1[nH]c(-c2c(Cl)cccc2Cl)nc2c1CCCC2. The van der Waals surface area contributed by atoms with E-state index in [0.29, 0.717) is 21.4 Å². The molecule has 19 heavy (non-hydrogen) atoms. The predicted octanol–water partition coefficient (Wildman–Crippen LogP) is 3.62. The number of aromatic amines is 1. The van der Waals surface area contributed by atoms with E-state index in [1.54, 1.807) is 18.2 Å². The van der Waals surface area contributed by atoms with E-state index in [4.69, 9.17) is 23.2 Å². The molecule has 1 aromatic heterocycles. The van der Waals surface area contributed by atoms with E-state index in [1.807, 2.05) is 0 Å². The van der Waals surface area contributed by atoms with Crippen molar-refractivity contribution < 1.29 is 0 Å². The van der Waals surface area contributed by atoms with Gasteiger partial charge in [-0.3, -0.25) is 4.79 Å². The van der Waals surface area contributed by atoms with Gasteiger partial charge in [0.2, 0.25) is 0 Å². The second kappa shape index (κ2) is 4.99. The van der Waals surface area contributed by atoms with Crippen LogP contribution in [-0.2, 0) is 12.8 Å². The standard InChI is InChI=1S/C14H12Cl2N2O/c15-9-5-3-6-10(16)12(9)13-17-11-7-2-1-4-8(11)14(19)18-13/h3,5-6H,1-2,4,7H2,(H,17,18,19). The van der Waals surface area contributed by atoms with Gasteiger partial charge in [-0.15, -0.1) is 0 Å². The second-order valence-electron chi connectivity index (χ2n) is 4.64. The zero-order valence-corrected chi connectivity index (χ0v) is 11.7. The summed E-state index contributed by atoms with van der Waals surface area (Å²) in [5.41, 5.74) is 2.20. The summed E-state index contributed by atoms with van der Waals surface area (Å²) in [5.74, 6) is 0.459. The maximum Gasteiger partial charge on any atom is 0.254 e. The van der Waals surface area contributed by atoms with Gasteiger partial charge >= 0.3 is 0 Å². The Morgan fingerprint density at radius 1 is 1.11 bits per heavy atom. The lowest BCUT2D eigenvalue weighted by molar-refractivity contribution is 0.657. The van der Waals surface area contributed by atoms with Crippen LogP contribution in [-0.4, -0.2) is 9.97 Å². The van der Waals surface area contributed by atoms with Gasteiger partial charge < -0.3 is 4.98 Å². The van der Waals surface area contributed by atoms with E-state index < -0.39 is 0 Å². The minimum absolute atomic E-state index is 0.0734. The largest absolute Gasteiger partial charge is 0.306 e. The fourth-order valence-corrected chi connectivity index (χ4v) is 3.02. The third-order valence-corrected chi connectivity index (χ3v) is 4.02. The van der Waals surface area contributed by atoms with Gasteiger partial charge in [-0.1, -0.05) is 29.3 Å². The summed E-state index contributed by atoms with van der Waals surface area (Å²) in [6.07, 6.45) is 3.76. The predicted molar refractivity (Wildman–Crippen MR) is 77.0 cm³/mol. The Hall–Kier alpha value is -1.32. The lowest BCUT2D eigenvalue weighted by Crippen LogP contribution is -2.21. The van der Waals surface area contributed by atoms with Crippen molar-refractivity contribution in [3.63, 3.8) is 0 Å². The molecule has 0 fully saturated rings. The molecule has 1 heterocycles. The maximum absolute atomic E-state index is 12.1. The molecule has 0 amide bonds. The van der Waals surface area contributed by atoms with Crippen LogP contribution in [0.3, 0.4) is 0 Å². The van der Waals surface area contributed by atoms with E-state index in [0.717, 1.165) is 36.9 Å². The maximum atomic E-state index is 12.1. The zero-order valence-electron chi connectivity index (χ0n) is 10.2. The molecular formula is C14H12Cl2N2O.